The van der Waals surface area contributed by atoms with Crippen LogP contribution >= 0.6 is 11.3 Å². The van der Waals surface area contributed by atoms with E-state index in [1.165, 1.54) is 11.3 Å². The third-order valence-corrected chi connectivity index (χ3v) is 2.98. The molecule has 0 fully saturated rings. The molecular formula is C9H13NO2S. The molecule has 72 valence electrons. The van der Waals surface area contributed by atoms with Gasteiger partial charge in [0.05, 0.1) is 5.69 Å². The summed E-state index contributed by atoms with van der Waals surface area (Å²) >= 11 is 1.29. The fraction of sp³-hybridized carbons (Fsp3) is 0.556. The van der Waals surface area contributed by atoms with Gasteiger partial charge in [0.1, 0.15) is 0 Å². The highest BCUT2D eigenvalue weighted by molar-refractivity contribution is 7.13. The topological polar surface area (TPSA) is 50.2 Å². The molecular weight excluding hydrogens is 186 g/mol. The molecule has 0 radical (unpaired) electrons. The molecule has 0 spiro atoms. The van der Waals surface area contributed by atoms with Crippen LogP contribution in [0.3, 0.4) is 0 Å². The molecule has 3 nitrogen and oxygen atoms in total. The van der Waals surface area contributed by atoms with Crippen LogP contribution in [0, 0.1) is 0 Å². The van der Waals surface area contributed by atoms with Gasteiger partial charge < -0.3 is 5.11 Å². The van der Waals surface area contributed by atoms with Gasteiger partial charge in [-0.25, -0.2) is 9.78 Å². The van der Waals surface area contributed by atoms with Gasteiger partial charge in [0.25, 0.3) is 0 Å². The highest BCUT2D eigenvalue weighted by Gasteiger charge is 2.16. The van der Waals surface area contributed by atoms with Crippen LogP contribution < -0.4 is 0 Å². The van der Waals surface area contributed by atoms with E-state index in [9.17, 15) is 4.79 Å². The Kier molecular flexibility index (Phi) is 3.03. The van der Waals surface area contributed by atoms with E-state index in [0.29, 0.717) is 5.92 Å². The molecule has 0 aliphatic carbocycles. The number of hydrogen-bond acceptors (Lipinski definition) is 3. The first-order valence-electron chi connectivity index (χ1n) is 4.29. The standard InChI is InChI=1S/C9H13NO2S/c1-4-6-7(5(2)3)10-8(13-6)9(11)12/h5H,4H2,1-3H3,(H,11,12). The molecule has 0 atom stereocenters. The zero-order chi connectivity index (χ0) is 10.0. The van der Waals surface area contributed by atoms with Gasteiger partial charge in [0, 0.05) is 4.88 Å². The van der Waals surface area contributed by atoms with E-state index in [0.717, 1.165) is 17.0 Å². The van der Waals surface area contributed by atoms with Gasteiger partial charge in [-0.2, -0.15) is 0 Å². The van der Waals surface area contributed by atoms with E-state index in [1.54, 1.807) is 0 Å². The maximum atomic E-state index is 10.7. The van der Waals surface area contributed by atoms with Crippen LogP contribution in [0.4, 0.5) is 0 Å². The summed E-state index contributed by atoms with van der Waals surface area (Å²) in [7, 11) is 0. The molecule has 13 heavy (non-hydrogen) atoms. The van der Waals surface area contributed by atoms with Gasteiger partial charge in [0.2, 0.25) is 5.01 Å². The van der Waals surface area contributed by atoms with Gasteiger partial charge in [-0.15, -0.1) is 11.3 Å². The fourth-order valence-corrected chi connectivity index (χ4v) is 2.15. The second-order valence-electron chi connectivity index (χ2n) is 3.14. The van der Waals surface area contributed by atoms with Crippen LogP contribution in [0.25, 0.3) is 0 Å². The van der Waals surface area contributed by atoms with E-state index in [2.05, 4.69) is 4.98 Å². The van der Waals surface area contributed by atoms with E-state index in [4.69, 9.17) is 5.11 Å². The van der Waals surface area contributed by atoms with E-state index in [1.807, 2.05) is 20.8 Å². The van der Waals surface area contributed by atoms with Gasteiger partial charge in [-0.05, 0) is 12.3 Å². The predicted molar refractivity (Wildman–Crippen MR) is 52.5 cm³/mol. The van der Waals surface area contributed by atoms with Gasteiger partial charge in [0.15, 0.2) is 0 Å². The van der Waals surface area contributed by atoms with Crippen molar-refractivity contribution in [3.05, 3.63) is 15.6 Å². The minimum absolute atomic E-state index is 0.209. The zero-order valence-corrected chi connectivity index (χ0v) is 8.81. The Bertz CT molecular complexity index is 317. The molecule has 0 saturated heterocycles. The summed E-state index contributed by atoms with van der Waals surface area (Å²) in [5, 5.41) is 8.96. The van der Waals surface area contributed by atoms with Crippen molar-refractivity contribution in [3.63, 3.8) is 0 Å². The average Bonchev–Trinajstić information content (AvgIpc) is 2.47. The van der Waals surface area contributed by atoms with Crippen molar-refractivity contribution in [2.45, 2.75) is 33.1 Å². The summed E-state index contributed by atoms with van der Waals surface area (Å²) in [5.41, 5.74) is 0.935. The van der Waals surface area contributed by atoms with Crippen LogP contribution in [0.1, 0.15) is 47.1 Å². The third kappa shape index (κ3) is 2.06. The van der Waals surface area contributed by atoms with Crippen LogP contribution in [0.15, 0.2) is 0 Å². The molecule has 0 aromatic carbocycles. The molecule has 0 aliphatic rings. The molecule has 0 aliphatic heterocycles. The second kappa shape index (κ2) is 3.87. The molecule has 0 amide bonds. The summed E-state index contributed by atoms with van der Waals surface area (Å²) < 4.78 is 0. The number of aromatic carboxylic acids is 1. The Balaban J connectivity index is 3.11. The number of aromatic nitrogens is 1. The van der Waals surface area contributed by atoms with Gasteiger partial charge >= 0.3 is 5.97 Å². The summed E-state index contributed by atoms with van der Waals surface area (Å²) in [6, 6.07) is 0. The van der Waals surface area contributed by atoms with Crippen molar-refractivity contribution in [1.29, 1.82) is 0 Å². The van der Waals surface area contributed by atoms with E-state index >= 15 is 0 Å². The minimum atomic E-state index is -0.924. The number of hydrogen-bond donors (Lipinski definition) is 1. The lowest BCUT2D eigenvalue weighted by molar-refractivity contribution is 0.0696. The number of carboxylic acids is 1. The molecule has 4 heteroatoms. The number of rotatable bonds is 3. The first kappa shape index (κ1) is 10.2. The minimum Gasteiger partial charge on any atom is -0.476 e. The summed E-state index contributed by atoms with van der Waals surface area (Å²) in [6.45, 7) is 6.07. The number of aryl methyl sites for hydroxylation is 1. The van der Waals surface area contributed by atoms with Crippen LogP contribution in [0.5, 0.6) is 0 Å². The lowest BCUT2D eigenvalue weighted by Gasteiger charge is -2.01. The molecule has 1 aromatic rings. The quantitative estimate of drug-likeness (QED) is 0.813. The number of thiazole rings is 1. The molecule has 1 rings (SSSR count). The van der Waals surface area contributed by atoms with Crippen molar-refractivity contribution < 1.29 is 9.90 Å². The Hall–Kier alpha value is -0.900. The van der Waals surface area contributed by atoms with Gasteiger partial charge in [-0.1, -0.05) is 20.8 Å². The molecule has 0 unspecified atom stereocenters. The Morgan fingerprint density at radius 3 is 2.54 bits per heavy atom. The Labute approximate surface area is 81.4 Å². The van der Waals surface area contributed by atoms with Crippen LogP contribution in [-0.4, -0.2) is 16.1 Å². The predicted octanol–water partition coefficient (Wildman–Crippen LogP) is 2.53. The van der Waals surface area contributed by atoms with E-state index < -0.39 is 5.97 Å². The van der Waals surface area contributed by atoms with Crippen molar-refractivity contribution >= 4 is 17.3 Å². The second-order valence-corrected chi connectivity index (χ2v) is 4.22. The summed E-state index contributed by atoms with van der Waals surface area (Å²) in [5.74, 6) is -0.620. The van der Waals surface area contributed by atoms with Crippen molar-refractivity contribution in [3.8, 4) is 0 Å². The van der Waals surface area contributed by atoms with Gasteiger partial charge in [-0.3, -0.25) is 0 Å². The van der Waals surface area contributed by atoms with Crippen molar-refractivity contribution in [2.75, 3.05) is 0 Å². The molecule has 1 aromatic heterocycles. The van der Waals surface area contributed by atoms with Crippen molar-refractivity contribution in [1.82, 2.24) is 4.98 Å². The van der Waals surface area contributed by atoms with E-state index in [-0.39, 0.29) is 5.01 Å². The molecule has 1 heterocycles. The normalized spacial score (nSPS) is 10.8. The molecule has 0 bridgehead atoms. The molecule has 0 saturated carbocycles. The lowest BCUT2D eigenvalue weighted by Crippen LogP contribution is -1.97. The Morgan fingerprint density at radius 1 is 1.62 bits per heavy atom. The number of carbonyl (C=O) groups is 1. The maximum absolute atomic E-state index is 10.7. The Morgan fingerprint density at radius 2 is 2.23 bits per heavy atom. The SMILES string of the molecule is CCc1sc(C(=O)O)nc1C(C)C. The maximum Gasteiger partial charge on any atom is 0.365 e. The zero-order valence-electron chi connectivity index (χ0n) is 8.00. The first-order chi connectivity index (χ1) is 6.06. The third-order valence-electron chi connectivity index (χ3n) is 1.78. The number of nitrogens with zero attached hydrogens (tertiary/aromatic N) is 1. The highest BCUT2D eigenvalue weighted by atomic mass is 32.1. The fourth-order valence-electron chi connectivity index (χ4n) is 1.16. The van der Waals surface area contributed by atoms with Crippen molar-refractivity contribution in [2.24, 2.45) is 0 Å². The molecule has 1 N–H and O–H groups in total. The van der Waals surface area contributed by atoms with Crippen LogP contribution in [-0.2, 0) is 6.42 Å². The largest absolute Gasteiger partial charge is 0.476 e. The average molecular weight is 199 g/mol. The summed E-state index contributed by atoms with van der Waals surface area (Å²) in [6.07, 6.45) is 0.860. The summed E-state index contributed by atoms with van der Waals surface area (Å²) in [4.78, 5) is 15.8. The highest BCUT2D eigenvalue weighted by Crippen LogP contribution is 2.25. The smallest absolute Gasteiger partial charge is 0.365 e. The number of carboxylic acid groups (broad SMARTS) is 1. The lowest BCUT2D eigenvalue weighted by atomic mass is 10.1. The van der Waals surface area contributed by atoms with Crippen LogP contribution in [0.2, 0.25) is 0 Å². The first-order valence-corrected chi connectivity index (χ1v) is 5.10. The monoisotopic (exact) mass is 199 g/mol.